The Kier molecular flexibility index (Phi) is 9.21. The van der Waals surface area contributed by atoms with Crippen molar-refractivity contribution in [2.75, 3.05) is 13.2 Å². The molecule has 0 radical (unpaired) electrons. The van der Waals surface area contributed by atoms with Crippen LogP contribution in [0.1, 0.15) is 44.1 Å². The summed E-state index contributed by atoms with van der Waals surface area (Å²) in [5, 5.41) is 12.0. The molecular weight excluding hydrogens is 420 g/mol. The number of hydrogen-bond donors (Lipinski definition) is 1. The monoisotopic (exact) mass is 448 g/mol. The lowest BCUT2D eigenvalue weighted by molar-refractivity contribution is -0.174. The van der Waals surface area contributed by atoms with Crippen LogP contribution in [-0.4, -0.2) is 34.5 Å². The molecule has 1 aromatic heterocycles. The predicted molar refractivity (Wildman–Crippen MR) is 115 cm³/mol. The van der Waals surface area contributed by atoms with Crippen molar-refractivity contribution in [3.05, 3.63) is 65.5 Å². The number of aryl methyl sites for hydroxylation is 1. The first-order chi connectivity index (χ1) is 14.8. The van der Waals surface area contributed by atoms with Crippen LogP contribution in [0, 0.1) is 12.3 Å². The Bertz CT molecular complexity index is 883. The Balaban J connectivity index is 2.33. The molecule has 2 atom stereocenters. The zero-order valence-corrected chi connectivity index (χ0v) is 18.7. The van der Waals surface area contributed by atoms with Gasteiger partial charge in [0.05, 0.1) is 30.3 Å². The average molecular weight is 449 g/mol. The lowest BCUT2D eigenvalue weighted by atomic mass is 9.78. The Morgan fingerprint density at radius 3 is 2.26 bits per heavy atom. The van der Waals surface area contributed by atoms with Gasteiger partial charge in [-0.25, -0.2) is 4.21 Å². The highest BCUT2D eigenvalue weighted by Gasteiger charge is 2.50. The summed E-state index contributed by atoms with van der Waals surface area (Å²) in [5.41, 5.74) is -0.771. The fourth-order valence-corrected chi connectivity index (χ4v) is 3.87. The maximum Gasteiger partial charge on any atom is 0.323 e. The van der Waals surface area contributed by atoms with E-state index in [1.165, 1.54) is 17.7 Å². The van der Waals surface area contributed by atoms with Crippen LogP contribution in [0.3, 0.4) is 0 Å². The molecule has 0 spiro atoms. The number of hydrogen-bond acceptors (Lipinski definition) is 7. The molecule has 31 heavy (non-hydrogen) atoms. The molecule has 1 heterocycles. The minimum atomic E-state index is -1.81. The van der Waals surface area contributed by atoms with E-state index in [1.54, 1.807) is 38.1 Å². The van der Waals surface area contributed by atoms with E-state index < -0.39 is 34.3 Å². The Labute approximate surface area is 184 Å². The second kappa shape index (κ2) is 11.6. The molecular formula is C23H28O7S. The molecule has 1 N–H and O–H groups in total. The van der Waals surface area contributed by atoms with Gasteiger partial charge in [-0.2, -0.15) is 0 Å². The first-order valence-electron chi connectivity index (χ1n) is 10.0. The number of ether oxygens (including phenoxy) is 2. The lowest BCUT2D eigenvalue weighted by Crippen LogP contribution is -2.43. The highest BCUT2D eigenvalue weighted by atomic mass is 32.2. The summed E-state index contributed by atoms with van der Waals surface area (Å²) in [6.07, 6.45) is 1.18. The van der Waals surface area contributed by atoms with Crippen LogP contribution in [0.15, 0.2) is 63.5 Å². The van der Waals surface area contributed by atoms with E-state index in [1.807, 2.05) is 19.1 Å². The summed E-state index contributed by atoms with van der Waals surface area (Å²) in [7, 11) is -1.47. The zero-order chi connectivity index (χ0) is 22.9. The van der Waals surface area contributed by atoms with Gasteiger partial charge in [0, 0.05) is 16.7 Å². The fourth-order valence-electron chi connectivity index (χ4n) is 3.04. The van der Waals surface area contributed by atoms with Crippen molar-refractivity contribution in [3.63, 3.8) is 0 Å². The molecule has 0 bridgehead atoms. The smallest absolute Gasteiger partial charge is 0.323 e. The largest absolute Gasteiger partial charge is 0.467 e. The molecule has 0 aliphatic carbocycles. The van der Waals surface area contributed by atoms with Crippen molar-refractivity contribution in [2.24, 2.45) is 5.41 Å². The minimum Gasteiger partial charge on any atom is -0.467 e. The molecule has 0 fully saturated rings. The summed E-state index contributed by atoms with van der Waals surface area (Å²) in [6, 6.07) is 10.3. The van der Waals surface area contributed by atoms with Crippen LogP contribution in [0.4, 0.5) is 0 Å². The van der Waals surface area contributed by atoms with Crippen LogP contribution in [0.5, 0.6) is 0 Å². The second-order valence-corrected chi connectivity index (χ2v) is 8.28. The number of rotatable bonds is 11. The molecule has 0 saturated heterocycles. The standard InChI is InChI=1S/C23H28O7S/c1-4-28-21(25)23(22(26)29-5-2,16-19(24)20-8-6-14-30-20)13-7-15-31(27)18-11-9-17(3)10-12-18/h6-12,14-15,19,24H,4-5,13,16H2,1-3H3/b15-7+. The van der Waals surface area contributed by atoms with Crippen LogP contribution in [-0.2, 0) is 29.9 Å². The molecule has 1 aromatic carbocycles. The zero-order valence-electron chi connectivity index (χ0n) is 17.9. The van der Waals surface area contributed by atoms with E-state index in [-0.39, 0.29) is 31.8 Å². The Morgan fingerprint density at radius 1 is 1.13 bits per heavy atom. The minimum absolute atomic E-state index is 0.0514. The topological polar surface area (TPSA) is 103 Å². The molecule has 0 aliphatic heterocycles. The third-order valence-corrected chi connectivity index (χ3v) is 5.86. The maximum atomic E-state index is 12.9. The van der Waals surface area contributed by atoms with Gasteiger partial charge in [-0.1, -0.05) is 23.8 Å². The first-order valence-corrected chi connectivity index (χ1v) is 11.2. The van der Waals surface area contributed by atoms with E-state index in [2.05, 4.69) is 0 Å². The van der Waals surface area contributed by atoms with Gasteiger partial charge in [0.1, 0.15) is 11.9 Å². The van der Waals surface area contributed by atoms with E-state index in [0.29, 0.717) is 4.90 Å². The molecule has 2 aromatic rings. The highest BCUT2D eigenvalue weighted by Crippen LogP contribution is 2.37. The fraction of sp³-hybridized carbons (Fsp3) is 0.391. The lowest BCUT2D eigenvalue weighted by Gasteiger charge is -2.29. The molecule has 0 saturated carbocycles. The predicted octanol–water partition coefficient (Wildman–Crippen LogP) is 3.84. The van der Waals surface area contributed by atoms with Gasteiger partial charge in [0.2, 0.25) is 0 Å². The summed E-state index contributed by atoms with van der Waals surface area (Å²) in [6.45, 7) is 5.28. The van der Waals surface area contributed by atoms with Crippen LogP contribution in [0.25, 0.3) is 0 Å². The number of carbonyl (C=O) groups is 2. The number of carbonyl (C=O) groups excluding carboxylic acids is 2. The highest BCUT2D eigenvalue weighted by molar-refractivity contribution is 7.88. The molecule has 0 amide bonds. The number of aliphatic hydroxyl groups excluding tert-OH is 1. The van der Waals surface area contributed by atoms with Crippen molar-refractivity contribution in [2.45, 2.75) is 44.6 Å². The second-order valence-electron chi connectivity index (χ2n) is 6.94. The first kappa shape index (κ1) is 24.6. The molecule has 2 rings (SSSR count). The molecule has 168 valence electrons. The van der Waals surface area contributed by atoms with Crippen LogP contribution >= 0.6 is 0 Å². The van der Waals surface area contributed by atoms with Crippen molar-refractivity contribution < 1.29 is 32.8 Å². The molecule has 8 heteroatoms. The van der Waals surface area contributed by atoms with Crippen LogP contribution in [0.2, 0.25) is 0 Å². The number of aliphatic hydroxyl groups is 1. The number of furan rings is 1. The van der Waals surface area contributed by atoms with Crippen molar-refractivity contribution in [1.82, 2.24) is 0 Å². The third kappa shape index (κ3) is 6.38. The van der Waals surface area contributed by atoms with Crippen LogP contribution < -0.4 is 0 Å². The van der Waals surface area contributed by atoms with E-state index >= 15 is 0 Å². The van der Waals surface area contributed by atoms with Gasteiger partial charge in [-0.05, 0) is 51.5 Å². The number of benzene rings is 1. The van der Waals surface area contributed by atoms with E-state index in [9.17, 15) is 18.9 Å². The Morgan fingerprint density at radius 2 is 1.74 bits per heavy atom. The SMILES string of the molecule is CCOC(=O)C(C/C=C/S(=O)c1ccc(C)cc1)(CC(O)c1ccco1)C(=O)OCC. The van der Waals surface area contributed by atoms with Gasteiger partial charge in [0.25, 0.3) is 0 Å². The van der Waals surface area contributed by atoms with Gasteiger partial charge in [-0.15, -0.1) is 0 Å². The van der Waals surface area contributed by atoms with E-state index in [4.69, 9.17) is 13.9 Å². The van der Waals surface area contributed by atoms with Crippen molar-refractivity contribution in [3.8, 4) is 0 Å². The average Bonchev–Trinajstić information content (AvgIpc) is 3.28. The van der Waals surface area contributed by atoms with Crippen molar-refractivity contribution in [1.29, 1.82) is 0 Å². The number of esters is 2. The maximum absolute atomic E-state index is 12.9. The summed E-state index contributed by atoms with van der Waals surface area (Å²) in [4.78, 5) is 26.4. The van der Waals surface area contributed by atoms with E-state index in [0.717, 1.165) is 5.56 Å². The molecule has 0 aliphatic rings. The van der Waals surface area contributed by atoms with Gasteiger partial charge < -0.3 is 19.0 Å². The Hall–Kier alpha value is -2.71. The summed E-state index contributed by atoms with van der Waals surface area (Å²) < 4.78 is 28.1. The van der Waals surface area contributed by atoms with Gasteiger partial charge >= 0.3 is 11.9 Å². The third-order valence-electron chi connectivity index (χ3n) is 4.69. The summed E-state index contributed by atoms with van der Waals surface area (Å²) in [5.74, 6) is -1.42. The molecule has 2 unspecified atom stereocenters. The quantitative estimate of drug-likeness (QED) is 0.411. The normalized spacial score (nSPS) is 13.7. The summed E-state index contributed by atoms with van der Waals surface area (Å²) >= 11 is 0. The van der Waals surface area contributed by atoms with Gasteiger partial charge in [-0.3, -0.25) is 9.59 Å². The van der Waals surface area contributed by atoms with Crippen molar-refractivity contribution >= 4 is 22.7 Å². The molecule has 7 nitrogen and oxygen atoms in total. The number of allylic oxidation sites excluding steroid dienone is 1. The van der Waals surface area contributed by atoms with Gasteiger partial charge in [0.15, 0.2) is 5.41 Å².